The molecule has 2 aromatic rings. The number of amides is 2. The second-order valence-corrected chi connectivity index (χ2v) is 5.25. The highest BCUT2D eigenvalue weighted by atomic mass is 32.2. The first kappa shape index (κ1) is 16.5. The number of nitrogens with one attached hydrogen (secondary N) is 2. The lowest BCUT2D eigenvalue weighted by Gasteiger charge is -2.06. The number of nitrogens with zero attached hydrogens (tertiary/aromatic N) is 1. The molecule has 2 rings (SSSR count). The van der Waals surface area contributed by atoms with Crippen LogP contribution in [0.5, 0.6) is 5.75 Å². The Labute approximate surface area is 139 Å². The summed E-state index contributed by atoms with van der Waals surface area (Å²) < 4.78 is 5.23. The van der Waals surface area contributed by atoms with E-state index in [1.165, 1.54) is 0 Å². The Hall–Kier alpha value is -2.91. The van der Waals surface area contributed by atoms with E-state index < -0.39 is 0 Å². The number of rotatable bonds is 5. The average molecular weight is 325 g/mol. The van der Waals surface area contributed by atoms with E-state index in [1.54, 1.807) is 43.7 Å². The number of thioether (sulfide) groups is 1. The number of benzene rings is 2. The maximum atomic E-state index is 11.8. The van der Waals surface area contributed by atoms with Crippen molar-refractivity contribution in [3.05, 3.63) is 60.3 Å². The Morgan fingerprint density at radius 2 is 1.96 bits per heavy atom. The molecule has 5 nitrogen and oxygen atoms in total. The Bertz CT molecular complexity index is 736. The number of hydrogen-bond acceptors (Lipinski definition) is 4. The van der Waals surface area contributed by atoms with E-state index >= 15 is 0 Å². The summed E-state index contributed by atoms with van der Waals surface area (Å²) in [5.74, 6) is 0.733. The summed E-state index contributed by atoms with van der Waals surface area (Å²) in [6.07, 6.45) is 3.30. The molecule has 2 amide bonds. The van der Waals surface area contributed by atoms with Crippen molar-refractivity contribution in [1.82, 2.24) is 5.32 Å². The zero-order chi connectivity index (χ0) is 16.5. The highest BCUT2D eigenvalue weighted by Gasteiger charge is 2.01. The molecule has 0 aliphatic rings. The molecule has 6 heteroatoms. The van der Waals surface area contributed by atoms with E-state index in [0.717, 1.165) is 28.0 Å². The minimum absolute atomic E-state index is 0.350. The molecule has 0 spiro atoms. The van der Waals surface area contributed by atoms with Crippen LogP contribution in [0.2, 0.25) is 0 Å². The highest BCUT2D eigenvalue weighted by molar-refractivity contribution is 8.03. The summed E-state index contributed by atoms with van der Waals surface area (Å²) in [6.45, 7) is 0. The molecule has 116 valence electrons. The van der Waals surface area contributed by atoms with Crippen molar-refractivity contribution >= 4 is 29.6 Å². The zero-order valence-corrected chi connectivity index (χ0v) is 13.3. The molecule has 23 heavy (non-hydrogen) atoms. The minimum Gasteiger partial charge on any atom is -0.496 e. The van der Waals surface area contributed by atoms with Gasteiger partial charge in [0.1, 0.15) is 11.2 Å². The molecular weight excluding hydrogens is 310 g/mol. The SMILES string of the molecule is COc1ccccc1/C=C/NC(=O)Nc1ccc(SC#N)cc1. The standard InChI is InChI=1S/C17H15N3O2S/c1-22-16-5-3-2-4-13(16)10-11-19-17(21)20-14-6-8-15(9-7-14)23-12-18/h2-11H,1H3,(H2,19,20,21)/b11-10+. The molecule has 2 N–H and O–H groups in total. The monoisotopic (exact) mass is 325 g/mol. The Morgan fingerprint density at radius 1 is 1.22 bits per heavy atom. The van der Waals surface area contributed by atoms with Gasteiger partial charge < -0.3 is 15.4 Å². The van der Waals surface area contributed by atoms with Crippen LogP contribution in [0.3, 0.4) is 0 Å². The van der Waals surface area contributed by atoms with Gasteiger partial charge in [-0.1, -0.05) is 18.2 Å². The number of carbonyl (C=O) groups excluding carboxylic acids is 1. The third-order valence-corrected chi connectivity index (χ3v) is 3.49. The number of carbonyl (C=O) groups is 1. The number of ether oxygens (including phenoxy) is 1. The van der Waals surface area contributed by atoms with E-state index in [1.807, 2.05) is 29.7 Å². The van der Waals surface area contributed by atoms with E-state index in [9.17, 15) is 4.79 Å². The molecule has 0 unspecified atom stereocenters. The van der Waals surface area contributed by atoms with Crippen molar-refractivity contribution in [3.63, 3.8) is 0 Å². The topological polar surface area (TPSA) is 74.2 Å². The highest BCUT2D eigenvalue weighted by Crippen LogP contribution is 2.19. The fourth-order valence-corrected chi connectivity index (χ4v) is 2.22. The zero-order valence-electron chi connectivity index (χ0n) is 12.4. The minimum atomic E-state index is -0.350. The first-order valence-corrected chi connectivity index (χ1v) is 7.57. The molecule has 0 saturated heterocycles. The van der Waals surface area contributed by atoms with E-state index in [-0.39, 0.29) is 6.03 Å². The normalized spacial score (nSPS) is 10.1. The molecule has 0 atom stereocenters. The van der Waals surface area contributed by atoms with Crippen LogP contribution in [0, 0.1) is 10.7 Å². The molecule has 0 aliphatic heterocycles. The van der Waals surface area contributed by atoms with E-state index in [4.69, 9.17) is 10.00 Å². The second-order valence-electron chi connectivity index (χ2n) is 4.39. The van der Waals surface area contributed by atoms with Gasteiger partial charge in [-0.3, -0.25) is 0 Å². The number of hydrogen-bond donors (Lipinski definition) is 2. The lowest BCUT2D eigenvalue weighted by molar-refractivity contribution is 0.255. The van der Waals surface area contributed by atoms with Gasteiger partial charge >= 0.3 is 6.03 Å². The van der Waals surface area contributed by atoms with E-state index in [2.05, 4.69) is 10.6 Å². The predicted octanol–water partition coefficient (Wildman–Crippen LogP) is 4.06. The first-order valence-electron chi connectivity index (χ1n) is 6.76. The molecule has 0 radical (unpaired) electrons. The van der Waals surface area contributed by atoms with Gasteiger partial charge in [-0.15, -0.1) is 0 Å². The van der Waals surface area contributed by atoms with Gasteiger partial charge in [0.15, 0.2) is 0 Å². The maximum absolute atomic E-state index is 11.8. The third-order valence-electron chi connectivity index (χ3n) is 2.89. The summed E-state index contributed by atoms with van der Waals surface area (Å²) in [7, 11) is 1.60. The van der Waals surface area contributed by atoms with Crippen molar-refractivity contribution in [2.24, 2.45) is 0 Å². The van der Waals surface area contributed by atoms with Gasteiger partial charge in [-0.2, -0.15) is 5.26 Å². The lowest BCUT2D eigenvalue weighted by Crippen LogP contribution is -2.23. The molecule has 2 aromatic carbocycles. The summed E-state index contributed by atoms with van der Waals surface area (Å²) in [5.41, 5.74) is 1.52. The summed E-state index contributed by atoms with van der Waals surface area (Å²) >= 11 is 1.07. The van der Waals surface area contributed by atoms with Crippen LogP contribution >= 0.6 is 11.8 Å². The van der Waals surface area contributed by atoms with Crippen LogP contribution in [0.1, 0.15) is 5.56 Å². The van der Waals surface area contributed by atoms with Crippen LogP contribution in [0.4, 0.5) is 10.5 Å². The van der Waals surface area contributed by atoms with Crippen molar-refractivity contribution in [1.29, 1.82) is 5.26 Å². The smallest absolute Gasteiger partial charge is 0.323 e. The fourth-order valence-electron chi connectivity index (χ4n) is 1.84. The van der Waals surface area contributed by atoms with Gasteiger partial charge in [-0.25, -0.2) is 4.79 Å². The molecular formula is C17H15N3O2S. The number of methoxy groups -OCH3 is 1. The largest absolute Gasteiger partial charge is 0.496 e. The lowest BCUT2D eigenvalue weighted by atomic mass is 10.2. The fraction of sp³-hybridized carbons (Fsp3) is 0.0588. The average Bonchev–Trinajstić information content (AvgIpc) is 2.57. The van der Waals surface area contributed by atoms with Crippen LogP contribution in [0.15, 0.2) is 59.6 Å². The Balaban J connectivity index is 1.89. The first-order chi connectivity index (χ1) is 11.2. The quantitative estimate of drug-likeness (QED) is 0.642. The summed E-state index contributed by atoms with van der Waals surface area (Å²) in [4.78, 5) is 12.6. The molecule has 0 bridgehead atoms. The van der Waals surface area contributed by atoms with Gasteiger partial charge in [0.2, 0.25) is 0 Å². The Morgan fingerprint density at radius 3 is 2.65 bits per heavy atom. The maximum Gasteiger partial charge on any atom is 0.323 e. The van der Waals surface area contributed by atoms with Crippen LogP contribution < -0.4 is 15.4 Å². The van der Waals surface area contributed by atoms with Crippen LogP contribution in [0.25, 0.3) is 6.08 Å². The number of urea groups is 1. The van der Waals surface area contributed by atoms with Crippen molar-refractivity contribution in [3.8, 4) is 11.2 Å². The second kappa shape index (κ2) is 8.51. The van der Waals surface area contributed by atoms with Crippen LogP contribution in [-0.4, -0.2) is 13.1 Å². The molecule has 0 saturated carbocycles. The van der Waals surface area contributed by atoms with Gasteiger partial charge in [0.25, 0.3) is 0 Å². The van der Waals surface area contributed by atoms with Gasteiger partial charge in [-0.05, 0) is 48.2 Å². The van der Waals surface area contributed by atoms with Crippen molar-refractivity contribution in [2.75, 3.05) is 12.4 Å². The number of nitriles is 1. The molecule has 0 heterocycles. The number of para-hydroxylation sites is 1. The molecule has 0 fully saturated rings. The van der Waals surface area contributed by atoms with Crippen LogP contribution in [-0.2, 0) is 0 Å². The third kappa shape index (κ3) is 5.09. The van der Waals surface area contributed by atoms with Crippen molar-refractivity contribution < 1.29 is 9.53 Å². The summed E-state index contributed by atoms with van der Waals surface area (Å²) in [5, 5.41) is 15.9. The molecule has 0 aliphatic carbocycles. The van der Waals surface area contributed by atoms with Gasteiger partial charge in [0, 0.05) is 22.3 Å². The van der Waals surface area contributed by atoms with E-state index in [0.29, 0.717) is 5.69 Å². The van der Waals surface area contributed by atoms with Crippen molar-refractivity contribution in [2.45, 2.75) is 4.90 Å². The van der Waals surface area contributed by atoms with Gasteiger partial charge in [0.05, 0.1) is 7.11 Å². The number of thiocyanates is 1. The summed E-state index contributed by atoms with van der Waals surface area (Å²) in [6, 6.07) is 14.2. The predicted molar refractivity (Wildman–Crippen MR) is 92.1 cm³/mol. The Kier molecular flexibility index (Phi) is 6.09. The molecule has 0 aromatic heterocycles. The number of anilines is 1.